The molecule has 1 atom stereocenters. The summed E-state index contributed by atoms with van der Waals surface area (Å²) in [5, 5.41) is 0. The van der Waals surface area contributed by atoms with E-state index in [9.17, 15) is 0 Å². The van der Waals surface area contributed by atoms with E-state index in [0.29, 0.717) is 5.92 Å². The zero-order valence-corrected chi connectivity index (χ0v) is 11.3. The van der Waals surface area contributed by atoms with Crippen molar-refractivity contribution in [3.63, 3.8) is 0 Å². The summed E-state index contributed by atoms with van der Waals surface area (Å²) in [6, 6.07) is 6.58. The van der Waals surface area contributed by atoms with Crippen molar-refractivity contribution < 1.29 is 0 Å². The van der Waals surface area contributed by atoms with Crippen LogP contribution in [0.1, 0.15) is 50.3 Å². The normalized spacial score (nSPS) is 15.2. The van der Waals surface area contributed by atoms with E-state index in [1.807, 2.05) is 0 Å². The van der Waals surface area contributed by atoms with Crippen LogP contribution in [0.4, 0.5) is 0 Å². The van der Waals surface area contributed by atoms with Crippen molar-refractivity contribution in [1.82, 2.24) is 0 Å². The minimum absolute atomic E-state index is 0.209. The summed E-state index contributed by atoms with van der Waals surface area (Å²) >= 11 is 0. The molecule has 0 bridgehead atoms. The number of aryl methyl sites for hydroxylation is 2. The Morgan fingerprint density at radius 1 is 1.19 bits per heavy atom. The van der Waals surface area contributed by atoms with Crippen molar-refractivity contribution in [3.05, 3.63) is 34.9 Å². The van der Waals surface area contributed by atoms with Gasteiger partial charge < -0.3 is 5.73 Å². The van der Waals surface area contributed by atoms with Gasteiger partial charge in [-0.25, -0.2) is 0 Å². The van der Waals surface area contributed by atoms with Gasteiger partial charge in [0.2, 0.25) is 0 Å². The van der Waals surface area contributed by atoms with Crippen molar-refractivity contribution in [2.24, 2.45) is 11.7 Å². The molecule has 0 heterocycles. The van der Waals surface area contributed by atoms with Crippen molar-refractivity contribution in [2.75, 3.05) is 0 Å². The van der Waals surface area contributed by atoms with E-state index < -0.39 is 0 Å². The Kier molecular flexibility index (Phi) is 4.15. The predicted molar refractivity (Wildman–Crippen MR) is 71.5 cm³/mol. The molecule has 0 saturated carbocycles. The van der Waals surface area contributed by atoms with Gasteiger partial charge in [-0.2, -0.15) is 0 Å². The van der Waals surface area contributed by atoms with Gasteiger partial charge in [0.25, 0.3) is 0 Å². The summed E-state index contributed by atoms with van der Waals surface area (Å²) in [6.45, 7) is 10.9. The number of hydrogen-bond acceptors (Lipinski definition) is 1. The van der Waals surface area contributed by atoms with E-state index in [1.54, 1.807) is 0 Å². The van der Waals surface area contributed by atoms with E-state index in [4.69, 9.17) is 5.73 Å². The fourth-order valence-electron chi connectivity index (χ4n) is 2.67. The van der Waals surface area contributed by atoms with E-state index in [2.05, 4.69) is 52.8 Å². The molecular formula is C15H25N. The third-order valence-electron chi connectivity index (χ3n) is 3.81. The van der Waals surface area contributed by atoms with E-state index in [-0.39, 0.29) is 5.54 Å². The molecule has 0 aromatic heterocycles. The number of rotatable bonds is 4. The zero-order valence-electron chi connectivity index (χ0n) is 11.3. The van der Waals surface area contributed by atoms with Crippen LogP contribution in [0.3, 0.4) is 0 Å². The van der Waals surface area contributed by atoms with Gasteiger partial charge in [-0.15, -0.1) is 0 Å². The maximum Gasteiger partial charge on any atom is 0.0412 e. The standard InChI is InChI=1S/C15H25N/c1-6-13(7-2)15(5,16)14-10-11(3)8-9-12(14)4/h8-10,13H,6-7,16H2,1-5H3. The van der Waals surface area contributed by atoms with Crippen LogP contribution >= 0.6 is 0 Å². The second-order valence-corrected chi connectivity index (χ2v) is 5.11. The molecule has 1 unspecified atom stereocenters. The average Bonchev–Trinajstić information content (AvgIpc) is 2.23. The third kappa shape index (κ3) is 2.46. The Morgan fingerprint density at radius 3 is 2.25 bits per heavy atom. The van der Waals surface area contributed by atoms with Gasteiger partial charge in [0.05, 0.1) is 0 Å². The zero-order chi connectivity index (χ0) is 12.3. The van der Waals surface area contributed by atoms with Gasteiger partial charge in [0, 0.05) is 5.54 Å². The van der Waals surface area contributed by atoms with Gasteiger partial charge >= 0.3 is 0 Å². The maximum absolute atomic E-state index is 6.57. The molecule has 1 rings (SSSR count). The second-order valence-electron chi connectivity index (χ2n) is 5.11. The average molecular weight is 219 g/mol. The van der Waals surface area contributed by atoms with Crippen molar-refractivity contribution in [3.8, 4) is 0 Å². The molecule has 2 N–H and O–H groups in total. The number of hydrogen-bond donors (Lipinski definition) is 1. The summed E-state index contributed by atoms with van der Waals surface area (Å²) in [5.41, 5.74) is 10.3. The first-order valence-electron chi connectivity index (χ1n) is 6.30. The molecule has 1 heteroatoms. The Labute approximate surface area is 100 Å². The van der Waals surface area contributed by atoms with Crippen LogP contribution in [0.5, 0.6) is 0 Å². The highest BCUT2D eigenvalue weighted by Gasteiger charge is 2.30. The molecular weight excluding hydrogens is 194 g/mol. The molecule has 0 amide bonds. The Morgan fingerprint density at radius 2 is 1.75 bits per heavy atom. The van der Waals surface area contributed by atoms with Gasteiger partial charge in [0.15, 0.2) is 0 Å². The number of nitrogens with two attached hydrogens (primary N) is 1. The largest absolute Gasteiger partial charge is 0.321 e. The van der Waals surface area contributed by atoms with Crippen molar-refractivity contribution in [1.29, 1.82) is 0 Å². The maximum atomic E-state index is 6.57. The second kappa shape index (κ2) is 5.01. The highest BCUT2D eigenvalue weighted by atomic mass is 14.7. The fraction of sp³-hybridized carbons (Fsp3) is 0.600. The van der Waals surface area contributed by atoms with Gasteiger partial charge in [-0.3, -0.25) is 0 Å². The quantitative estimate of drug-likeness (QED) is 0.816. The topological polar surface area (TPSA) is 26.0 Å². The van der Waals surface area contributed by atoms with Crippen LogP contribution < -0.4 is 5.73 Å². The molecule has 0 aliphatic heterocycles. The third-order valence-corrected chi connectivity index (χ3v) is 3.81. The molecule has 0 spiro atoms. The number of benzene rings is 1. The van der Waals surface area contributed by atoms with E-state index >= 15 is 0 Å². The lowest BCUT2D eigenvalue weighted by molar-refractivity contribution is 0.281. The highest BCUT2D eigenvalue weighted by molar-refractivity contribution is 5.36. The van der Waals surface area contributed by atoms with Crippen LogP contribution in [0.15, 0.2) is 18.2 Å². The SMILES string of the molecule is CCC(CC)C(C)(N)c1cc(C)ccc1C. The fourth-order valence-corrected chi connectivity index (χ4v) is 2.67. The van der Waals surface area contributed by atoms with Crippen LogP contribution in [0.2, 0.25) is 0 Å². The first-order valence-corrected chi connectivity index (χ1v) is 6.30. The van der Waals surface area contributed by atoms with Crippen LogP contribution in [-0.4, -0.2) is 0 Å². The smallest absolute Gasteiger partial charge is 0.0412 e. The molecule has 1 aromatic rings. The summed E-state index contributed by atoms with van der Waals surface area (Å²) in [4.78, 5) is 0. The molecule has 0 aliphatic carbocycles. The molecule has 90 valence electrons. The molecule has 1 aromatic carbocycles. The lowest BCUT2D eigenvalue weighted by Crippen LogP contribution is -2.41. The van der Waals surface area contributed by atoms with Crippen LogP contribution in [0, 0.1) is 19.8 Å². The van der Waals surface area contributed by atoms with Gasteiger partial charge in [0.1, 0.15) is 0 Å². The van der Waals surface area contributed by atoms with Crippen LogP contribution in [-0.2, 0) is 5.54 Å². The summed E-state index contributed by atoms with van der Waals surface area (Å²) in [7, 11) is 0. The first-order chi connectivity index (χ1) is 7.43. The van der Waals surface area contributed by atoms with Gasteiger partial charge in [-0.05, 0) is 37.8 Å². The molecule has 16 heavy (non-hydrogen) atoms. The minimum atomic E-state index is -0.209. The predicted octanol–water partition coefficient (Wildman–Crippen LogP) is 3.91. The summed E-state index contributed by atoms with van der Waals surface area (Å²) < 4.78 is 0. The van der Waals surface area contributed by atoms with Crippen LogP contribution in [0.25, 0.3) is 0 Å². The van der Waals surface area contributed by atoms with Gasteiger partial charge in [-0.1, -0.05) is 50.5 Å². The summed E-state index contributed by atoms with van der Waals surface area (Å²) in [5.74, 6) is 0.549. The molecule has 0 saturated heterocycles. The minimum Gasteiger partial charge on any atom is -0.321 e. The molecule has 1 nitrogen and oxygen atoms in total. The monoisotopic (exact) mass is 219 g/mol. The van der Waals surface area contributed by atoms with E-state index in [0.717, 1.165) is 12.8 Å². The lowest BCUT2D eigenvalue weighted by Gasteiger charge is -2.35. The molecule has 0 fully saturated rings. The Balaban J connectivity index is 3.19. The summed E-state index contributed by atoms with van der Waals surface area (Å²) in [6.07, 6.45) is 2.27. The highest BCUT2D eigenvalue weighted by Crippen LogP contribution is 2.33. The first kappa shape index (κ1) is 13.2. The Hall–Kier alpha value is -0.820. The molecule has 0 aliphatic rings. The lowest BCUT2D eigenvalue weighted by atomic mass is 9.75. The molecule has 0 radical (unpaired) electrons. The Bertz CT molecular complexity index is 348. The van der Waals surface area contributed by atoms with Crippen molar-refractivity contribution >= 4 is 0 Å². The van der Waals surface area contributed by atoms with E-state index in [1.165, 1.54) is 16.7 Å². The van der Waals surface area contributed by atoms with Crippen molar-refractivity contribution in [2.45, 2.75) is 53.0 Å².